The molecule has 1 saturated heterocycles. The molecule has 2 heterocycles. The highest BCUT2D eigenvalue weighted by Crippen LogP contribution is 2.62. The second kappa shape index (κ2) is 8.78. The molecule has 7 heteroatoms. The number of carbonyl (C=O) groups excluding carboxylic acids is 1. The number of ether oxygens (including phenoxy) is 2. The van der Waals surface area contributed by atoms with Gasteiger partial charge >= 0.3 is 0 Å². The minimum atomic E-state index is -1.50. The number of benzene rings is 2. The van der Waals surface area contributed by atoms with E-state index in [4.69, 9.17) is 9.47 Å². The minimum absolute atomic E-state index is 0.136. The summed E-state index contributed by atoms with van der Waals surface area (Å²) in [5.41, 5.74) is -1.29. The van der Waals surface area contributed by atoms with Crippen LogP contribution in [0.25, 0.3) is 0 Å². The lowest BCUT2D eigenvalue weighted by Gasteiger charge is -2.46. The number of hydrogen-bond donors (Lipinski definition) is 0. The van der Waals surface area contributed by atoms with E-state index in [2.05, 4.69) is 19.1 Å². The average Bonchev–Trinajstić information content (AvgIpc) is 3.28. The van der Waals surface area contributed by atoms with Gasteiger partial charge in [0.2, 0.25) is 5.54 Å². The normalized spacial score (nSPS) is 26.0. The van der Waals surface area contributed by atoms with E-state index >= 15 is 0 Å². The van der Waals surface area contributed by atoms with Crippen LogP contribution in [-0.4, -0.2) is 61.0 Å². The number of nitrogens with zero attached hydrogens (tertiary/aromatic N) is 4. The molecule has 0 spiro atoms. The maximum Gasteiger partial charge on any atom is 0.213 e. The second-order valence-corrected chi connectivity index (χ2v) is 10.3. The highest BCUT2D eigenvalue weighted by Gasteiger charge is 2.73. The van der Waals surface area contributed by atoms with Crippen molar-refractivity contribution in [3.8, 4) is 23.6 Å². The van der Waals surface area contributed by atoms with Crippen LogP contribution in [-0.2, 0) is 5.54 Å². The zero-order valence-electron chi connectivity index (χ0n) is 21.9. The summed E-state index contributed by atoms with van der Waals surface area (Å²) in [6, 6.07) is 19.1. The number of Topliss-reactive ketones (excluding diaryl/α,β-unsaturated/α-hetero) is 1. The van der Waals surface area contributed by atoms with E-state index in [1.807, 2.05) is 68.1 Å². The highest BCUT2D eigenvalue weighted by atomic mass is 16.5. The molecule has 1 fully saturated rings. The molecule has 36 heavy (non-hydrogen) atoms. The van der Waals surface area contributed by atoms with Gasteiger partial charge in [0.05, 0.1) is 25.8 Å². The van der Waals surface area contributed by atoms with Gasteiger partial charge in [-0.1, -0.05) is 25.1 Å². The van der Waals surface area contributed by atoms with Crippen LogP contribution in [0, 0.1) is 28.6 Å². The van der Waals surface area contributed by atoms with Crippen LogP contribution in [0.1, 0.15) is 36.7 Å². The van der Waals surface area contributed by atoms with Crippen molar-refractivity contribution in [1.29, 1.82) is 10.5 Å². The van der Waals surface area contributed by atoms with Crippen molar-refractivity contribution in [3.63, 3.8) is 0 Å². The van der Waals surface area contributed by atoms with Crippen molar-refractivity contribution in [2.24, 2.45) is 5.92 Å². The number of ketones is 1. The van der Waals surface area contributed by atoms with E-state index in [-0.39, 0.29) is 11.7 Å². The molecule has 0 N–H and O–H groups in total. The van der Waals surface area contributed by atoms with Crippen molar-refractivity contribution in [2.45, 2.75) is 43.4 Å². The molecule has 7 nitrogen and oxygen atoms in total. The predicted molar refractivity (Wildman–Crippen MR) is 137 cm³/mol. The van der Waals surface area contributed by atoms with Gasteiger partial charge in [-0.3, -0.25) is 4.79 Å². The second-order valence-electron chi connectivity index (χ2n) is 10.3. The fraction of sp³-hybridized carbons (Fsp3) is 0.414. The molecule has 4 rings (SSSR count). The molecule has 186 valence electrons. The molecular weight excluding hydrogens is 452 g/mol. The SMILES string of the molecule is COc1ccc(C(=O)C2=C[C@]3(c4ccc(OC)cc4)[C@H](C)[C@H](N(C)C)C(C#N)(C#N)N3C2(C)C)cc1. The lowest BCUT2D eigenvalue weighted by atomic mass is 9.76. The molecule has 3 atom stereocenters. The van der Waals surface area contributed by atoms with Crippen molar-refractivity contribution in [2.75, 3.05) is 28.3 Å². The summed E-state index contributed by atoms with van der Waals surface area (Å²) in [6.45, 7) is 5.92. The Morgan fingerprint density at radius 2 is 1.44 bits per heavy atom. The molecule has 0 bridgehead atoms. The third kappa shape index (κ3) is 3.27. The molecule has 0 aromatic heterocycles. The summed E-state index contributed by atoms with van der Waals surface area (Å²) >= 11 is 0. The van der Waals surface area contributed by atoms with Crippen LogP contribution < -0.4 is 9.47 Å². The summed E-state index contributed by atoms with van der Waals surface area (Å²) in [5.74, 6) is 1.04. The largest absolute Gasteiger partial charge is 0.497 e. The first-order chi connectivity index (χ1) is 17.0. The van der Waals surface area contributed by atoms with Crippen LogP contribution in [0.4, 0.5) is 0 Å². The first-order valence-electron chi connectivity index (χ1n) is 11.9. The Labute approximate surface area is 213 Å². The number of methoxy groups -OCH3 is 2. The number of rotatable bonds is 6. The lowest BCUT2D eigenvalue weighted by molar-refractivity contribution is 0.0418. The van der Waals surface area contributed by atoms with Gasteiger partial charge < -0.3 is 14.4 Å². The Kier molecular flexibility index (Phi) is 6.21. The number of fused-ring (bicyclic) bond motifs is 1. The predicted octanol–water partition coefficient (Wildman–Crippen LogP) is 4.17. The topological polar surface area (TPSA) is 89.6 Å². The van der Waals surface area contributed by atoms with E-state index in [0.717, 1.165) is 5.56 Å². The van der Waals surface area contributed by atoms with E-state index in [9.17, 15) is 15.3 Å². The molecule has 2 aromatic carbocycles. The summed E-state index contributed by atoms with van der Waals surface area (Å²) in [5, 5.41) is 21.2. The monoisotopic (exact) mass is 484 g/mol. The van der Waals surface area contributed by atoms with Gasteiger partial charge in [0.1, 0.15) is 23.6 Å². The zero-order chi connectivity index (χ0) is 26.5. The van der Waals surface area contributed by atoms with Gasteiger partial charge in [-0.2, -0.15) is 10.5 Å². The Morgan fingerprint density at radius 3 is 1.89 bits per heavy atom. The first kappa shape index (κ1) is 25.4. The lowest BCUT2D eigenvalue weighted by Crippen LogP contribution is -2.61. The van der Waals surface area contributed by atoms with Crippen LogP contribution in [0.5, 0.6) is 11.5 Å². The van der Waals surface area contributed by atoms with Gasteiger partial charge in [-0.25, -0.2) is 4.90 Å². The Hall–Kier alpha value is -3.65. The molecule has 0 saturated carbocycles. The van der Waals surface area contributed by atoms with Crippen LogP contribution in [0.3, 0.4) is 0 Å². The molecule has 0 radical (unpaired) electrons. The molecular formula is C29H32N4O3. The minimum Gasteiger partial charge on any atom is -0.497 e. The third-order valence-electron chi connectivity index (χ3n) is 7.95. The highest BCUT2D eigenvalue weighted by molar-refractivity contribution is 6.11. The first-order valence-corrected chi connectivity index (χ1v) is 11.9. The number of carbonyl (C=O) groups is 1. The maximum atomic E-state index is 13.9. The van der Waals surface area contributed by atoms with E-state index in [1.165, 1.54) is 0 Å². The fourth-order valence-electron chi connectivity index (χ4n) is 6.50. The zero-order valence-corrected chi connectivity index (χ0v) is 21.9. The van der Waals surface area contributed by atoms with Gasteiger partial charge in [-0.15, -0.1) is 0 Å². The van der Waals surface area contributed by atoms with E-state index < -0.39 is 22.7 Å². The van der Waals surface area contributed by atoms with Crippen molar-refractivity contribution in [3.05, 3.63) is 71.3 Å². The summed E-state index contributed by atoms with van der Waals surface area (Å²) in [4.78, 5) is 17.9. The average molecular weight is 485 g/mol. The van der Waals surface area contributed by atoms with Crippen molar-refractivity contribution in [1.82, 2.24) is 9.80 Å². The van der Waals surface area contributed by atoms with Gasteiger partial charge in [0.25, 0.3) is 0 Å². The number of hydrogen-bond acceptors (Lipinski definition) is 7. The molecule has 2 aliphatic heterocycles. The Balaban J connectivity index is 2.01. The quantitative estimate of drug-likeness (QED) is 0.569. The molecule has 0 amide bonds. The maximum absolute atomic E-state index is 13.9. The van der Waals surface area contributed by atoms with Crippen LogP contribution in [0.2, 0.25) is 0 Å². The molecule has 2 aliphatic rings. The van der Waals surface area contributed by atoms with Crippen molar-refractivity contribution < 1.29 is 14.3 Å². The van der Waals surface area contributed by atoms with Gasteiger partial charge in [-0.05, 0) is 69.9 Å². The Morgan fingerprint density at radius 1 is 0.944 bits per heavy atom. The Bertz CT molecular complexity index is 1270. The van der Waals surface area contributed by atoms with Gasteiger partial charge in [0, 0.05) is 22.6 Å². The van der Waals surface area contributed by atoms with Gasteiger partial charge in [0.15, 0.2) is 5.78 Å². The molecule has 0 unspecified atom stereocenters. The summed E-state index contributed by atoms with van der Waals surface area (Å²) < 4.78 is 10.6. The number of likely N-dealkylation sites (N-methyl/N-ethyl adjacent to an activating group) is 1. The fourth-order valence-corrected chi connectivity index (χ4v) is 6.50. The number of nitriles is 2. The van der Waals surface area contributed by atoms with Crippen LogP contribution >= 0.6 is 0 Å². The van der Waals surface area contributed by atoms with E-state index in [1.54, 1.807) is 38.5 Å². The third-order valence-corrected chi connectivity index (χ3v) is 7.95. The van der Waals surface area contributed by atoms with Crippen molar-refractivity contribution >= 4 is 5.78 Å². The standard InChI is InChI=1S/C29H32N4O3/c1-19-26(32(4)5)28(17-30,18-31)33-27(2,3)24(25(34)20-8-12-22(35-6)13-9-20)16-29(19,33)21-10-14-23(36-7)15-11-21/h8-16,19,26H,1-7H3/t19-,26+,29-/m1/s1. The summed E-state index contributed by atoms with van der Waals surface area (Å²) in [7, 11) is 6.99. The molecule has 2 aromatic rings. The van der Waals surface area contributed by atoms with Crippen LogP contribution in [0.15, 0.2) is 60.2 Å². The smallest absolute Gasteiger partial charge is 0.213 e. The summed E-state index contributed by atoms with van der Waals surface area (Å²) in [6.07, 6.45) is 2.00. The van der Waals surface area contributed by atoms with E-state index in [0.29, 0.717) is 22.6 Å². The molecule has 0 aliphatic carbocycles.